The first-order valence-electron chi connectivity index (χ1n) is 10.8. The molecule has 172 valence electrons. The molecule has 1 aromatic heterocycles. The molecule has 0 saturated carbocycles. The molecule has 0 amide bonds. The van der Waals surface area contributed by atoms with Crippen LogP contribution in [0.15, 0.2) is 33.7 Å². The highest BCUT2D eigenvalue weighted by molar-refractivity contribution is 9.10. The van der Waals surface area contributed by atoms with E-state index in [0.717, 1.165) is 33.5 Å². The Morgan fingerprint density at radius 2 is 2.06 bits per heavy atom. The summed E-state index contributed by atoms with van der Waals surface area (Å²) in [6, 6.07) is 5.47. The lowest BCUT2D eigenvalue weighted by Crippen LogP contribution is -2.36. The van der Waals surface area contributed by atoms with Crippen LogP contribution < -0.4 is 10.2 Å². The number of carbonyl (C=O) groups excluding carboxylic acids is 1. The Hall–Kier alpha value is -2.16. The Kier molecular flexibility index (Phi) is 6.47. The predicted molar refractivity (Wildman–Crippen MR) is 124 cm³/mol. The van der Waals surface area contributed by atoms with Crippen LogP contribution in [-0.2, 0) is 14.2 Å². The monoisotopic (exact) mass is 505 g/mol. The molecule has 0 spiro atoms. The van der Waals surface area contributed by atoms with Crippen LogP contribution in [0.1, 0.15) is 55.1 Å². The van der Waals surface area contributed by atoms with E-state index in [1.54, 1.807) is 20.2 Å². The second-order valence-corrected chi connectivity index (χ2v) is 9.45. The summed E-state index contributed by atoms with van der Waals surface area (Å²) in [4.78, 5) is 25.2. The maximum absolute atomic E-state index is 12.8. The van der Waals surface area contributed by atoms with Crippen molar-refractivity contribution >= 4 is 21.9 Å². The normalized spacial score (nSPS) is 20.3. The molecular weight excluding hydrogens is 478 g/mol. The van der Waals surface area contributed by atoms with Gasteiger partial charge in [0, 0.05) is 43.9 Å². The topological polar surface area (TPSA) is 76.0 Å². The maximum atomic E-state index is 12.8. The summed E-state index contributed by atoms with van der Waals surface area (Å²) < 4.78 is 25.2. The third-order valence-corrected chi connectivity index (χ3v) is 6.75. The minimum Gasteiger partial charge on any atom is -0.492 e. The molecule has 32 heavy (non-hydrogen) atoms. The average molecular weight is 506 g/mol. The van der Waals surface area contributed by atoms with Gasteiger partial charge >= 0.3 is 5.97 Å². The summed E-state index contributed by atoms with van der Waals surface area (Å²) in [6.07, 6.45) is 2.42. The number of hydrogen-bond acceptors (Lipinski definition) is 6. The molecule has 0 bridgehead atoms. The van der Waals surface area contributed by atoms with Crippen molar-refractivity contribution in [3.8, 4) is 17.0 Å². The highest BCUT2D eigenvalue weighted by Crippen LogP contribution is 2.53. The lowest BCUT2D eigenvalue weighted by atomic mass is 9.79. The highest BCUT2D eigenvalue weighted by atomic mass is 79.9. The van der Waals surface area contributed by atoms with Gasteiger partial charge in [0.1, 0.15) is 11.3 Å². The molecule has 7 nitrogen and oxygen atoms in total. The second-order valence-electron chi connectivity index (χ2n) is 8.59. The average Bonchev–Trinajstić information content (AvgIpc) is 3.07. The number of pyridine rings is 1. The van der Waals surface area contributed by atoms with Gasteiger partial charge in [0.25, 0.3) is 0 Å². The van der Waals surface area contributed by atoms with Crippen LogP contribution in [0.4, 0.5) is 0 Å². The van der Waals surface area contributed by atoms with Gasteiger partial charge in [-0.15, -0.1) is 0 Å². The molecule has 1 fully saturated rings. The fourth-order valence-electron chi connectivity index (χ4n) is 4.71. The summed E-state index contributed by atoms with van der Waals surface area (Å²) in [5.41, 5.74) is 1.96. The van der Waals surface area contributed by atoms with E-state index in [4.69, 9.17) is 18.9 Å². The highest BCUT2D eigenvalue weighted by Gasteiger charge is 2.49. The van der Waals surface area contributed by atoms with Crippen LogP contribution in [0.25, 0.3) is 11.3 Å². The van der Waals surface area contributed by atoms with E-state index in [-0.39, 0.29) is 29.6 Å². The smallest absolute Gasteiger partial charge is 0.343 e. The van der Waals surface area contributed by atoms with Gasteiger partial charge in [-0.1, -0.05) is 0 Å². The van der Waals surface area contributed by atoms with Crippen molar-refractivity contribution < 1.29 is 23.7 Å². The van der Waals surface area contributed by atoms with Gasteiger partial charge < -0.3 is 23.5 Å². The third-order valence-electron chi connectivity index (χ3n) is 6.13. The van der Waals surface area contributed by atoms with Crippen molar-refractivity contribution in [2.75, 3.05) is 33.5 Å². The number of fused-ring (bicyclic) bond motifs is 6. The minimum atomic E-state index is -0.604. The zero-order valence-corrected chi connectivity index (χ0v) is 20.4. The second kappa shape index (κ2) is 9.00. The lowest BCUT2D eigenvalue weighted by molar-refractivity contribution is 0.0144. The zero-order chi connectivity index (χ0) is 23.0. The Labute approximate surface area is 195 Å². The Bertz CT molecular complexity index is 1090. The molecule has 4 rings (SSSR count). The molecule has 3 heterocycles. The Morgan fingerprint density at radius 3 is 2.78 bits per heavy atom. The van der Waals surface area contributed by atoms with E-state index in [1.165, 1.54) is 6.07 Å². The molecule has 0 radical (unpaired) electrons. The van der Waals surface area contributed by atoms with E-state index in [2.05, 4.69) is 15.9 Å². The first kappa shape index (κ1) is 23.0. The fraction of sp³-hybridized carbons (Fsp3) is 0.500. The molecule has 8 heteroatoms. The fourth-order valence-corrected chi connectivity index (χ4v) is 5.16. The molecule has 0 aliphatic carbocycles. The summed E-state index contributed by atoms with van der Waals surface area (Å²) in [5.74, 6) is 0.203. The van der Waals surface area contributed by atoms with Crippen LogP contribution in [-0.4, -0.2) is 49.7 Å². The number of benzene rings is 1. The minimum absolute atomic E-state index is 0.0395. The van der Waals surface area contributed by atoms with Gasteiger partial charge in [-0.25, -0.2) is 4.79 Å². The molecule has 1 saturated heterocycles. The Morgan fingerprint density at radius 1 is 1.28 bits per heavy atom. The molecule has 0 N–H and O–H groups in total. The van der Waals surface area contributed by atoms with Gasteiger partial charge in [-0.2, -0.15) is 0 Å². The number of halogens is 1. The number of rotatable bonds is 7. The van der Waals surface area contributed by atoms with E-state index >= 15 is 0 Å². The predicted octanol–water partition coefficient (Wildman–Crippen LogP) is 4.32. The number of hydrogen-bond donors (Lipinski definition) is 0. The number of ether oxygens (including phenoxy) is 4. The van der Waals surface area contributed by atoms with Gasteiger partial charge in [0.15, 0.2) is 5.43 Å². The number of carbonyl (C=O) groups is 1. The van der Waals surface area contributed by atoms with Gasteiger partial charge in [0.05, 0.1) is 41.6 Å². The van der Waals surface area contributed by atoms with Crippen LogP contribution in [0.2, 0.25) is 0 Å². The molecule has 2 aliphatic heterocycles. The standard InChI is InChI=1S/C24H28BrNO6/c1-5-30-23(28)16-12-26-19(11-20(16)27)15-9-18(25)21(31-8-6-7-29-4)10-14(15)17-13-32-24(2,3)22(17)26/h9-12,17,22H,5-8,13H2,1-4H3/t17-,22+/m1/s1. The maximum Gasteiger partial charge on any atom is 0.343 e. The van der Waals surface area contributed by atoms with Crippen LogP contribution in [0, 0.1) is 0 Å². The van der Waals surface area contributed by atoms with Crippen LogP contribution >= 0.6 is 15.9 Å². The quantitative estimate of drug-likeness (QED) is 0.412. The largest absolute Gasteiger partial charge is 0.492 e. The van der Waals surface area contributed by atoms with E-state index in [1.807, 2.05) is 30.5 Å². The van der Waals surface area contributed by atoms with Gasteiger partial charge in [-0.05, 0) is 54.4 Å². The third kappa shape index (κ3) is 4.00. The summed E-state index contributed by atoms with van der Waals surface area (Å²) in [7, 11) is 1.67. The number of methoxy groups -OCH3 is 1. The SMILES string of the molecule is CCOC(=O)c1cn2c(cc1=O)-c1cc(Br)c(OCCCOC)cc1[C@H]1COC(C)(C)[C@H]12. The van der Waals surface area contributed by atoms with Crippen LogP contribution in [0.5, 0.6) is 5.75 Å². The van der Waals surface area contributed by atoms with E-state index in [0.29, 0.717) is 19.8 Å². The first-order chi connectivity index (χ1) is 15.3. The van der Waals surface area contributed by atoms with Crippen LogP contribution in [0.3, 0.4) is 0 Å². The molecule has 2 aromatic rings. The Balaban J connectivity index is 1.84. The molecule has 2 aliphatic rings. The number of esters is 1. The number of nitrogens with zero attached hydrogens (tertiary/aromatic N) is 1. The van der Waals surface area contributed by atoms with E-state index < -0.39 is 11.6 Å². The van der Waals surface area contributed by atoms with Crippen molar-refractivity contribution in [1.82, 2.24) is 4.57 Å². The van der Waals surface area contributed by atoms with Crippen molar-refractivity contribution in [3.63, 3.8) is 0 Å². The molecule has 1 aromatic carbocycles. The van der Waals surface area contributed by atoms with Crippen molar-refractivity contribution in [3.05, 3.63) is 50.2 Å². The molecule has 2 atom stereocenters. The summed E-state index contributed by atoms with van der Waals surface area (Å²) in [5, 5.41) is 0. The summed E-state index contributed by atoms with van der Waals surface area (Å²) in [6.45, 7) is 7.72. The molecule has 0 unspecified atom stereocenters. The van der Waals surface area contributed by atoms with Crippen molar-refractivity contribution in [2.24, 2.45) is 0 Å². The zero-order valence-electron chi connectivity index (χ0n) is 18.8. The number of aromatic nitrogens is 1. The van der Waals surface area contributed by atoms with Crippen molar-refractivity contribution in [2.45, 2.75) is 44.8 Å². The lowest BCUT2D eigenvalue weighted by Gasteiger charge is -2.38. The summed E-state index contributed by atoms with van der Waals surface area (Å²) >= 11 is 3.62. The van der Waals surface area contributed by atoms with Crippen molar-refractivity contribution in [1.29, 1.82) is 0 Å². The molecular formula is C24H28BrNO6. The van der Waals surface area contributed by atoms with E-state index in [9.17, 15) is 9.59 Å². The van der Waals surface area contributed by atoms with Gasteiger partial charge in [0.2, 0.25) is 0 Å². The first-order valence-corrected chi connectivity index (χ1v) is 11.6. The van der Waals surface area contributed by atoms with Gasteiger partial charge in [-0.3, -0.25) is 4.79 Å².